The topological polar surface area (TPSA) is 79.3 Å². The second kappa shape index (κ2) is 12.0. The number of para-hydroxylation sites is 1. The number of Topliss-reactive ketones (excluding diaryl/α,β-unsaturated/α-hetero) is 1. The fourth-order valence-electron chi connectivity index (χ4n) is 4.80. The van der Waals surface area contributed by atoms with Crippen molar-refractivity contribution in [2.24, 2.45) is 0 Å². The number of hydrogen-bond donors (Lipinski definition) is 1. The largest absolute Gasteiger partial charge is 0.507 e. The Hall–Kier alpha value is -4.10. The summed E-state index contributed by atoms with van der Waals surface area (Å²) in [4.78, 5) is 30.5. The maximum Gasteiger partial charge on any atom is 0.295 e. The zero-order valence-electron chi connectivity index (χ0n) is 22.3. The normalized spacial score (nSPS) is 16.8. The van der Waals surface area contributed by atoms with E-state index < -0.39 is 17.7 Å². The van der Waals surface area contributed by atoms with Gasteiger partial charge in [0.05, 0.1) is 18.7 Å². The van der Waals surface area contributed by atoms with Gasteiger partial charge in [-0.2, -0.15) is 0 Å². The van der Waals surface area contributed by atoms with Crippen molar-refractivity contribution in [3.05, 3.63) is 95.1 Å². The summed E-state index contributed by atoms with van der Waals surface area (Å²) >= 11 is 0. The molecule has 7 nitrogen and oxygen atoms in total. The molecule has 0 saturated carbocycles. The van der Waals surface area contributed by atoms with Crippen LogP contribution >= 0.6 is 0 Å². The van der Waals surface area contributed by atoms with E-state index in [9.17, 15) is 14.7 Å². The highest BCUT2D eigenvalue weighted by Gasteiger charge is 2.46. The average molecular weight is 515 g/mol. The summed E-state index contributed by atoms with van der Waals surface area (Å²) in [6.45, 7) is 8.60. The Morgan fingerprint density at radius 3 is 2.32 bits per heavy atom. The zero-order valence-corrected chi connectivity index (χ0v) is 22.3. The first-order valence-electron chi connectivity index (χ1n) is 12.9. The number of aliphatic hydroxyl groups excluding tert-OH is 1. The van der Waals surface area contributed by atoms with Gasteiger partial charge in [0, 0.05) is 18.7 Å². The average Bonchev–Trinajstić information content (AvgIpc) is 3.19. The van der Waals surface area contributed by atoms with Gasteiger partial charge in [0.2, 0.25) is 0 Å². The van der Waals surface area contributed by atoms with E-state index in [1.165, 1.54) is 0 Å². The van der Waals surface area contributed by atoms with Crippen LogP contribution in [0.25, 0.3) is 5.76 Å². The van der Waals surface area contributed by atoms with Gasteiger partial charge in [-0.25, -0.2) is 0 Å². The van der Waals surface area contributed by atoms with Crippen LogP contribution in [0.15, 0.2) is 78.4 Å². The van der Waals surface area contributed by atoms with E-state index in [2.05, 4.69) is 18.7 Å². The molecule has 0 bridgehead atoms. The van der Waals surface area contributed by atoms with Crippen LogP contribution in [0, 0.1) is 6.92 Å². The number of likely N-dealkylation sites (tertiary alicyclic amines) is 1. The van der Waals surface area contributed by atoms with Crippen LogP contribution in [0.2, 0.25) is 0 Å². The molecule has 0 aromatic heterocycles. The molecule has 38 heavy (non-hydrogen) atoms. The van der Waals surface area contributed by atoms with E-state index in [0.29, 0.717) is 41.5 Å². The standard InChI is InChI=1S/C31H34N2O5/c1-5-32(6-2)17-18-33-28(22-11-10-14-25(20-22)38-24-12-8-7-9-13-24)27(30(35)31(33)36)29(34)23-15-16-26(37-4)21(3)19-23/h7-16,19-20,28,34H,5-6,17-18H2,1-4H3/t28-/m1/s1. The molecule has 198 valence electrons. The van der Waals surface area contributed by atoms with Crippen LogP contribution < -0.4 is 9.47 Å². The van der Waals surface area contributed by atoms with Crippen molar-refractivity contribution in [1.82, 2.24) is 9.80 Å². The Kier molecular flexibility index (Phi) is 8.48. The number of ketones is 1. The summed E-state index contributed by atoms with van der Waals surface area (Å²) < 4.78 is 11.4. The van der Waals surface area contributed by atoms with E-state index in [1.807, 2.05) is 61.5 Å². The molecule has 3 aromatic rings. The lowest BCUT2D eigenvalue weighted by atomic mass is 9.94. The van der Waals surface area contributed by atoms with Crippen molar-refractivity contribution in [3.63, 3.8) is 0 Å². The number of aliphatic hydroxyl groups is 1. The molecule has 1 aliphatic rings. The lowest BCUT2D eigenvalue weighted by Crippen LogP contribution is -2.38. The Labute approximate surface area is 223 Å². The third kappa shape index (κ3) is 5.58. The molecule has 1 heterocycles. The first-order valence-corrected chi connectivity index (χ1v) is 12.9. The van der Waals surface area contributed by atoms with Gasteiger partial charge >= 0.3 is 0 Å². The maximum atomic E-state index is 13.4. The highest BCUT2D eigenvalue weighted by atomic mass is 16.5. The quantitative estimate of drug-likeness (QED) is 0.217. The smallest absolute Gasteiger partial charge is 0.295 e. The molecule has 4 rings (SSSR count). The number of rotatable bonds is 10. The fourth-order valence-corrected chi connectivity index (χ4v) is 4.80. The van der Waals surface area contributed by atoms with Crippen molar-refractivity contribution < 1.29 is 24.2 Å². The van der Waals surface area contributed by atoms with Gasteiger partial charge in [0.1, 0.15) is 23.0 Å². The van der Waals surface area contributed by atoms with Gasteiger partial charge in [0.15, 0.2) is 0 Å². The summed E-state index contributed by atoms with van der Waals surface area (Å²) in [5.74, 6) is 0.387. The van der Waals surface area contributed by atoms with Crippen LogP contribution in [-0.4, -0.2) is 59.9 Å². The van der Waals surface area contributed by atoms with Gasteiger partial charge in [-0.3, -0.25) is 9.59 Å². The lowest BCUT2D eigenvalue weighted by Gasteiger charge is -2.28. The Morgan fingerprint density at radius 1 is 0.947 bits per heavy atom. The second-order valence-electron chi connectivity index (χ2n) is 9.19. The highest BCUT2D eigenvalue weighted by Crippen LogP contribution is 2.41. The number of methoxy groups -OCH3 is 1. The predicted molar refractivity (Wildman–Crippen MR) is 147 cm³/mol. The summed E-state index contributed by atoms with van der Waals surface area (Å²) in [7, 11) is 1.58. The van der Waals surface area contributed by atoms with E-state index in [4.69, 9.17) is 9.47 Å². The van der Waals surface area contributed by atoms with Crippen molar-refractivity contribution in [2.45, 2.75) is 26.8 Å². The van der Waals surface area contributed by atoms with Crippen molar-refractivity contribution >= 4 is 17.4 Å². The number of hydrogen-bond acceptors (Lipinski definition) is 6. The second-order valence-corrected chi connectivity index (χ2v) is 9.19. The molecule has 0 unspecified atom stereocenters. The van der Waals surface area contributed by atoms with Crippen LogP contribution in [0.4, 0.5) is 0 Å². The fraction of sp³-hybridized carbons (Fsp3) is 0.290. The molecule has 0 aliphatic carbocycles. The summed E-state index contributed by atoms with van der Waals surface area (Å²) in [6, 6.07) is 21.2. The van der Waals surface area contributed by atoms with E-state index in [1.54, 1.807) is 30.2 Å². The molecule has 1 N–H and O–H groups in total. The van der Waals surface area contributed by atoms with Crippen LogP contribution in [0.1, 0.15) is 36.6 Å². The molecule has 1 saturated heterocycles. The minimum absolute atomic E-state index is 0.0657. The third-order valence-electron chi connectivity index (χ3n) is 6.91. The van der Waals surface area contributed by atoms with E-state index >= 15 is 0 Å². The number of carbonyl (C=O) groups excluding carboxylic acids is 2. The minimum Gasteiger partial charge on any atom is -0.507 e. The lowest BCUT2D eigenvalue weighted by molar-refractivity contribution is -0.140. The van der Waals surface area contributed by atoms with Crippen LogP contribution in [-0.2, 0) is 9.59 Å². The van der Waals surface area contributed by atoms with E-state index in [0.717, 1.165) is 18.7 Å². The Bertz CT molecular complexity index is 1330. The van der Waals surface area contributed by atoms with Gasteiger partial charge in [-0.05, 0) is 73.6 Å². The summed E-state index contributed by atoms with van der Waals surface area (Å²) in [6.07, 6.45) is 0. The SMILES string of the molecule is CCN(CC)CCN1C(=O)C(=O)C(=C(O)c2ccc(OC)c(C)c2)[C@H]1c1cccc(Oc2ccccc2)c1. The Morgan fingerprint density at radius 2 is 1.66 bits per heavy atom. The molecule has 7 heteroatoms. The molecule has 3 aromatic carbocycles. The number of aryl methyl sites for hydroxylation is 1. The van der Waals surface area contributed by atoms with Gasteiger partial charge in [-0.1, -0.05) is 44.2 Å². The van der Waals surface area contributed by atoms with Crippen molar-refractivity contribution in [3.8, 4) is 17.2 Å². The predicted octanol–water partition coefficient (Wildman–Crippen LogP) is 5.56. The molecule has 0 radical (unpaired) electrons. The number of likely N-dealkylation sites (N-methyl/N-ethyl adjacent to an activating group) is 1. The van der Waals surface area contributed by atoms with Crippen LogP contribution in [0.3, 0.4) is 0 Å². The van der Waals surface area contributed by atoms with E-state index in [-0.39, 0.29) is 11.3 Å². The van der Waals surface area contributed by atoms with Gasteiger partial charge < -0.3 is 24.4 Å². The summed E-state index contributed by atoms with van der Waals surface area (Å²) in [5, 5.41) is 11.4. The highest BCUT2D eigenvalue weighted by molar-refractivity contribution is 6.46. The van der Waals surface area contributed by atoms with Crippen molar-refractivity contribution in [2.75, 3.05) is 33.3 Å². The Balaban J connectivity index is 1.80. The summed E-state index contributed by atoms with van der Waals surface area (Å²) in [5.41, 5.74) is 2.01. The van der Waals surface area contributed by atoms with Crippen LogP contribution in [0.5, 0.6) is 17.2 Å². The molecular weight excluding hydrogens is 480 g/mol. The molecule has 1 fully saturated rings. The first kappa shape index (κ1) is 26.9. The third-order valence-corrected chi connectivity index (χ3v) is 6.91. The molecule has 0 spiro atoms. The number of amides is 1. The van der Waals surface area contributed by atoms with Gasteiger partial charge in [0.25, 0.3) is 11.7 Å². The molecule has 1 aliphatic heterocycles. The monoisotopic (exact) mass is 514 g/mol. The zero-order chi connectivity index (χ0) is 27.2. The molecule has 1 amide bonds. The molecular formula is C31H34N2O5. The first-order chi connectivity index (χ1) is 18.4. The number of ether oxygens (including phenoxy) is 2. The molecule has 1 atom stereocenters. The van der Waals surface area contributed by atoms with Crippen molar-refractivity contribution in [1.29, 1.82) is 0 Å². The van der Waals surface area contributed by atoms with Gasteiger partial charge in [-0.15, -0.1) is 0 Å². The number of carbonyl (C=O) groups is 2. The number of nitrogens with zero attached hydrogens (tertiary/aromatic N) is 2. The minimum atomic E-state index is -0.757. The maximum absolute atomic E-state index is 13.4. The number of benzene rings is 3.